The van der Waals surface area contributed by atoms with Crippen molar-refractivity contribution in [2.24, 2.45) is 5.92 Å². The van der Waals surface area contributed by atoms with Crippen LogP contribution in [0.4, 0.5) is 11.5 Å². The van der Waals surface area contributed by atoms with Crippen molar-refractivity contribution in [2.45, 2.75) is 25.6 Å². The highest BCUT2D eigenvalue weighted by atomic mass is 16.7. The third-order valence-corrected chi connectivity index (χ3v) is 6.69. The van der Waals surface area contributed by atoms with Gasteiger partial charge in [0.1, 0.15) is 17.6 Å². The van der Waals surface area contributed by atoms with E-state index in [1.807, 2.05) is 37.3 Å². The summed E-state index contributed by atoms with van der Waals surface area (Å²) in [5.41, 5.74) is 1.57. The minimum atomic E-state index is -0.698. The molecule has 3 aromatic rings. The summed E-state index contributed by atoms with van der Waals surface area (Å²) in [5, 5.41) is 26.5. The first-order chi connectivity index (χ1) is 20.5. The number of nitrogens with zero attached hydrogens (tertiary/aromatic N) is 2. The highest BCUT2D eigenvalue weighted by Crippen LogP contribution is 2.41. The number of hydrogen-bond acceptors (Lipinski definition) is 11. The number of pyridine rings is 1. The van der Waals surface area contributed by atoms with Crippen LogP contribution in [0.1, 0.15) is 24.8 Å². The second-order valence-electron chi connectivity index (χ2n) is 9.43. The summed E-state index contributed by atoms with van der Waals surface area (Å²) in [4.78, 5) is 27.5. The number of aliphatic hydroxyl groups is 1. The van der Waals surface area contributed by atoms with E-state index >= 15 is 0 Å². The molecule has 3 heterocycles. The van der Waals surface area contributed by atoms with E-state index in [1.165, 1.54) is 18.3 Å². The molecule has 0 spiro atoms. The standard InChI is InChI=1S/C29H36N4O9/c1-2-40-29-22(9-13-38-15-16-39-14-12-34)23(24-19-41-25-6-4-3-5-21(24)25)17-26(42-29)28(35)31-11-10-30-27-8-7-20(18-32-27)33(36)37/h3-8,17-19,22-23,29,34H,2,9-16H2,1H3,(H,30,32)(H,31,35). The molecule has 1 amide bonds. The number of carbonyl (C=O) groups excluding carboxylic acids is 1. The first-order valence-corrected chi connectivity index (χ1v) is 13.9. The highest BCUT2D eigenvalue weighted by molar-refractivity contribution is 5.92. The Morgan fingerprint density at radius 3 is 2.67 bits per heavy atom. The number of anilines is 1. The van der Waals surface area contributed by atoms with Crippen LogP contribution in [0.25, 0.3) is 11.0 Å². The molecule has 226 valence electrons. The van der Waals surface area contributed by atoms with Crippen LogP contribution in [0, 0.1) is 16.0 Å². The number of aliphatic hydroxyl groups excluding tert-OH is 1. The molecule has 0 fully saturated rings. The quantitative estimate of drug-likeness (QED) is 0.121. The van der Waals surface area contributed by atoms with E-state index in [9.17, 15) is 14.9 Å². The molecule has 0 radical (unpaired) electrons. The maximum Gasteiger partial charge on any atom is 0.287 e. The molecule has 42 heavy (non-hydrogen) atoms. The second-order valence-corrected chi connectivity index (χ2v) is 9.43. The Balaban J connectivity index is 1.44. The van der Waals surface area contributed by atoms with Gasteiger partial charge in [0, 0.05) is 55.2 Å². The molecule has 1 aromatic carbocycles. The zero-order valence-corrected chi connectivity index (χ0v) is 23.4. The Kier molecular flexibility index (Phi) is 11.6. The SMILES string of the molecule is CCOC1OC(C(=O)NCCNc2ccc([N+](=O)[O-])cn2)=CC(c2coc3ccccc23)C1CCOCCOCCO. The third-order valence-electron chi connectivity index (χ3n) is 6.69. The number of amides is 1. The Bertz CT molecular complexity index is 1330. The van der Waals surface area contributed by atoms with Crippen LogP contribution >= 0.6 is 0 Å². The predicted octanol–water partition coefficient (Wildman–Crippen LogP) is 3.36. The number of fused-ring (bicyclic) bond motifs is 1. The Hall–Kier alpha value is -4.04. The van der Waals surface area contributed by atoms with E-state index in [2.05, 4.69) is 15.6 Å². The zero-order valence-electron chi connectivity index (χ0n) is 23.4. The molecule has 3 N–H and O–H groups in total. The Morgan fingerprint density at radius 2 is 1.93 bits per heavy atom. The fraction of sp³-hybridized carbons (Fsp3) is 0.448. The molecule has 4 rings (SSSR count). The molecule has 0 bridgehead atoms. The first kappa shape index (κ1) is 30.9. The van der Waals surface area contributed by atoms with E-state index in [0.717, 1.165) is 16.5 Å². The number of rotatable bonds is 17. The fourth-order valence-corrected chi connectivity index (χ4v) is 4.71. The summed E-state index contributed by atoms with van der Waals surface area (Å²) in [5.74, 6) is -0.220. The Morgan fingerprint density at radius 1 is 1.12 bits per heavy atom. The number of aromatic nitrogens is 1. The fourth-order valence-electron chi connectivity index (χ4n) is 4.71. The van der Waals surface area contributed by atoms with Crippen LogP contribution in [0.5, 0.6) is 0 Å². The molecule has 1 aliphatic rings. The summed E-state index contributed by atoms with van der Waals surface area (Å²) < 4.78 is 28.9. The van der Waals surface area contributed by atoms with Gasteiger partial charge in [-0.3, -0.25) is 14.9 Å². The highest BCUT2D eigenvalue weighted by Gasteiger charge is 2.39. The summed E-state index contributed by atoms with van der Waals surface area (Å²) >= 11 is 0. The van der Waals surface area contributed by atoms with Crippen LogP contribution in [0.3, 0.4) is 0 Å². The molecule has 13 nitrogen and oxygen atoms in total. The van der Waals surface area contributed by atoms with Crippen LogP contribution in [-0.2, 0) is 23.7 Å². The average Bonchev–Trinajstić information content (AvgIpc) is 3.43. The molecule has 0 aliphatic carbocycles. The van der Waals surface area contributed by atoms with Gasteiger partial charge in [-0.1, -0.05) is 18.2 Å². The largest absolute Gasteiger partial charge is 0.464 e. The number of para-hydroxylation sites is 1. The number of carbonyl (C=O) groups is 1. The van der Waals surface area contributed by atoms with Crippen LogP contribution in [0.15, 0.2) is 65.1 Å². The van der Waals surface area contributed by atoms with Crippen molar-refractivity contribution in [3.8, 4) is 0 Å². The average molecular weight is 585 g/mol. The monoisotopic (exact) mass is 584 g/mol. The molecule has 0 saturated carbocycles. The van der Waals surface area contributed by atoms with Crippen LogP contribution in [0.2, 0.25) is 0 Å². The first-order valence-electron chi connectivity index (χ1n) is 13.9. The van der Waals surface area contributed by atoms with Crippen molar-refractivity contribution in [2.75, 3.05) is 58.0 Å². The van der Waals surface area contributed by atoms with Gasteiger partial charge < -0.3 is 39.1 Å². The van der Waals surface area contributed by atoms with Crippen molar-refractivity contribution in [1.29, 1.82) is 0 Å². The topological polar surface area (TPSA) is 167 Å². The smallest absolute Gasteiger partial charge is 0.287 e. The normalized spacial score (nSPS) is 18.3. The van der Waals surface area contributed by atoms with Gasteiger partial charge in [-0.05, 0) is 31.6 Å². The predicted molar refractivity (Wildman–Crippen MR) is 153 cm³/mol. The number of nitrogens with one attached hydrogen (secondary N) is 2. The van der Waals surface area contributed by atoms with E-state index in [4.69, 9.17) is 28.5 Å². The summed E-state index contributed by atoms with van der Waals surface area (Å²) in [6, 6.07) is 10.6. The molecule has 0 saturated heterocycles. The van der Waals surface area contributed by atoms with Gasteiger partial charge in [0.05, 0.1) is 37.6 Å². The summed E-state index contributed by atoms with van der Waals surface area (Å²) in [7, 11) is 0. The van der Waals surface area contributed by atoms with Crippen molar-refractivity contribution >= 4 is 28.4 Å². The van der Waals surface area contributed by atoms with Crippen LogP contribution in [-0.4, -0.2) is 79.9 Å². The van der Waals surface area contributed by atoms with Crippen LogP contribution < -0.4 is 10.6 Å². The molecule has 3 atom stereocenters. The number of allylic oxidation sites excluding steroid dienone is 1. The minimum Gasteiger partial charge on any atom is -0.464 e. The van der Waals surface area contributed by atoms with Gasteiger partial charge >= 0.3 is 0 Å². The van der Waals surface area contributed by atoms with E-state index in [-0.39, 0.29) is 43.0 Å². The summed E-state index contributed by atoms with van der Waals surface area (Å²) in [6.07, 6.45) is 4.58. The number of hydrogen-bond donors (Lipinski definition) is 3. The third kappa shape index (κ3) is 8.26. The van der Waals surface area contributed by atoms with Crippen molar-refractivity contribution in [3.05, 3.63) is 76.4 Å². The van der Waals surface area contributed by atoms with Gasteiger partial charge in [-0.25, -0.2) is 4.98 Å². The van der Waals surface area contributed by atoms with Crippen molar-refractivity contribution in [3.63, 3.8) is 0 Å². The van der Waals surface area contributed by atoms with E-state index in [1.54, 1.807) is 6.26 Å². The molecule has 1 aliphatic heterocycles. The number of ether oxygens (including phenoxy) is 4. The van der Waals surface area contributed by atoms with Gasteiger partial charge in [0.15, 0.2) is 5.76 Å². The van der Waals surface area contributed by atoms with E-state index in [0.29, 0.717) is 45.2 Å². The van der Waals surface area contributed by atoms with Gasteiger partial charge in [-0.2, -0.15) is 0 Å². The molecular formula is C29H36N4O9. The van der Waals surface area contributed by atoms with Gasteiger partial charge in [0.25, 0.3) is 11.6 Å². The molecular weight excluding hydrogens is 548 g/mol. The van der Waals surface area contributed by atoms with Gasteiger partial charge in [-0.15, -0.1) is 0 Å². The summed E-state index contributed by atoms with van der Waals surface area (Å²) in [6.45, 7) is 4.27. The zero-order chi connectivity index (χ0) is 29.7. The van der Waals surface area contributed by atoms with Gasteiger partial charge in [0.2, 0.25) is 6.29 Å². The number of benzene rings is 1. The maximum atomic E-state index is 13.2. The lowest BCUT2D eigenvalue weighted by Crippen LogP contribution is -2.40. The number of furan rings is 1. The molecule has 2 aromatic heterocycles. The Labute approximate surface area is 242 Å². The van der Waals surface area contributed by atoms with Crippen molar-refractivity contribution in [1.82, 2.24) is 10.3 Å². The minimum absolute atomic E-state index is 0.0362. The lowest BCUT2D eigenvalue weighted by molar-refractivity contribution is -0.385. The lowest BCUT2D eigenvalue weighted by atomic mass is 9.81. The lowest BCUT2D eigenvalue weighted by Gasteiger charge is -2.36. The number of nitro groups is 1. The van der Waals surface area contributed by atoms with Crippen molar-refractivity contribution < 1.29 is 38.2 Å². The maximum absolute atomic E-state index is 13.2. The second kappa shape index (κ2) is 15.8. The molecule has 13 heteroatoms. The molecule has 3 unspecified atom stereocenters. The van der Waals surface area contributed by atoms with E-state index < -0.39 is 17.1 Å².